The topological polar surface area (TPSA) is 49.3 Å². The molecular formula is C28H25NO2S. The van der Waals surface area contributed by atoms with Crippen molar-refractivity contribution in [3.63, 3.8) is 0 Å². The van der Waals surface area contributed by atoms with Crippen molar-refractivity contribution in [3.05, 3.63) is 126 Å². The summed E-state index contributed by atoms with van der Waals surface area (Å²) in [4.78, 5) is 13.1. The first kappa shape index (κ1) is 21.7. The van der Waals surface area contributed by atoms with Crippen LogP contribution in [0.2, 0.25) is 0 Å². The molecule has 2 N–H and O–H groups in total. The maximum absolute atomic E-state index is 10.8. The molecule has 0 aliphatic carbocycles. The smallest absolute Gasteiger partial charge is 0.307 e. The molecule has 0 aliphatic heterocycles. The number of hydrogen-bond donors (Lipinski definition) is 2. The molecule has 4 rings (SSSR count). The molecule has 0 amide bonds. The zero-order valence-electron chi connectivity index (χ0n) is 17.6. The largest absolute Gasteiger partial charge is 0.481 e. The van der Waals surface area contributed by atoms with Gasteiger partial charge in [-0.05, 0) is 53.1 Å². The van der Waals surface area contributed by atoms with Gasteiger partial charge in [0.25, 0.3) is 0 Å². The molecule has 4 aromatic rings. The molecule has 32 heavy (non-hydrogen) atoms. The number of carboxylic acid groups (broad SMARTS) is 1. The van der Waals surface area contributed by atoms with E-state index in [1.807, 2.05) is 24.3 Å². The Kier molecular flexibility index (Phi) is 7.26. The normalized spacial score (nSPS) is 10.8. The molecular weight excluding hydrogens is 414 g/mol. The summed E-state index contributed by atoms with van der Waals surface area (Å²) in [6, 6.07) is 37.3. The number of aliphatic carboxylic acids is 1. The lowest BCUT2D eigenvalue weighted by atomic mass is 9.91. The summed E-state index contributed by atoms with van der Waals surface area (Å²) >= 11 is 1.67. The summed E-state index contributed by atoms with van der Waals surface area (Å²) in [6.45, 7) is 0.811. The van der Waals surface area contributed by atoms with Crippen molar-refractivity contribution in [1.82, 2.24) is 0 Å². The van der Waals surface area contributed by atoms with E-state index in [0.717, 1.165) is 27.6 Å². The zero-order valence-corrected chi connectivity index (χ0v) is 18.5. The van der Waals surface area contributed by atoms with E-state index in [2.05, 4.69) is 90.2 Å². The van der Waals surface area contributed by atoms with E-state index in [0.29, 0.717) is 0 Å². The Morgan fingerprint density at radius 2 is 1.22 bits per heavy atom. The predicted octanol–water partition coefficient (Wildman–Crippen LogP) is 6.71. The first-order valence-corrected chi connectivity index (χ1v) is 11.4. The van der Waals surface area contributed by atoms with Gasteiger partial charge in [0.2, 0.25) is 0 Å². The molecule has 0 atom stereocenters. The highest BCUT2D eigenvalue weighted by Crippen LogP contribution is 2.30. The monoisotopic (exact) mass is 439 g/mol. The SMILES string of the molecule is O=C(O)Cc1ccc(Sc2ccc(NCC(c3ccccc3)c3ccccc3)cc2)cc1. The van der Waals surface area contributed by atoms with Gasteiger partial charge in [0.05, 0.1) is 6.42 Å². The van der Waals surface area contributed by atoms with E-state index in [9.17, 15) is 4.79 Å². The summed E-state index contributed by atoms with van der Waals surface area (Å²) in [6.07, 6.45) is 0.0538. The Morgan fingerprint density at radius 3 is 1.72 bits per heavy atom. The van der Waals surface area contributed by atoms with Gasteiger partial charge in [-0.1, -0.05) is 84.6 Å². The number of hydrogen-bond acceptors (Lipinski definition) is 3. The third-order valence-electron chi connectivity index (χ3n) is 5.28. The summed E-state index contributed by atoms with van der Waals surface area (Å²) < 4.78 is 0. The molecule has 4 aromatic carbocycles. The Morgan fingerprint density at radius 1 is 0.719 bits per heavy atom. The third-order valence-corrected chi connectivity index (χ3v) is 6.30. The highest BCUT2D eigenvalue weighted by atomic mass is 32.2. The second kappa shape index (κ2) is 10.7. The molecule has 0 bridgehead atoms. The molecule has 0 aliphatic rings. The predicted molar refractivity (Wildman–Crippen MR) is 132 cm³/mol. The maximum Gasteiger partial charge on any atom is 0.307 e. The fourth-order valence-electron chi connectivity index (χ4n) is 3.65. The van der Waals surface area contributed by atoms with E-state index in [1.165, 1.54) is 11.1 Å². The lowest BCUT2D eigenvalue weighted by Crippen LogP contribution is -2.14. The van der Waals surface area contributed by atoms with Crippen molar-refractivity contribution in [3.8, 4) is 0 Å². The van der Waals surface area contributed by atoms with Crippen LogP contribution in [0.3, 0.4) is 0 Å². The molecule has 0 aromatic heterocycles. The van der Waals surface area contributed by atoms with Crippen LogP contribution in [0.4, 0.5) is 5.69 Å². The van der Waals surface area contributed by atoms with Crippen molar-refractivity contribution in [2.45, 2.75) is 22.1 Å². The number of carboxylic acids is 1. The quantitative estimate of drug-likeness (QED) is 0.304. The van der Waals surface area contributed by atoms with Crippen LogP contribution >= 0.6 is 11.8 Å². The van der Waals surface area contributed by atoms with E-state index < -0.39 is 5.97 Å². The Hall–Kier alpha value is -3.50. The molecule has 0 fully saturated rings. The van der Waals surface area contributed by atoms with Crippen molar-refractivity contribution in [1.29, 1.82) is 0 Å². The average molecular weight is 440 g/mol. The molecule has 3 nitrogen and oxygen atoms in total. The minimum absolute atomic E-state index is 0.0538. The van der Waals surface area contributed by atoms with Gasteiger partial charge in [0.15, 0.2) is 0 Å². The fourth-order valence-corrected chi connectivity index (χ4v) is 4.46. The summed E-state index contributed by atoms with van der Waals surface area (Å²) in [5.41, 5.74) is 4.49. The summed E-state index contributed by atoms with van der Waals surface area (Å²) in [5, 5.41) is 12.5. The lowest BCUT2D eigenvalue weighted by Gasteiger charge is -2.19. The number of nitrogens with one attached hydrogen (secondary N) is 1. The first-order valence-electron chi connectivity index (χ1n) is 10.6. The fraction of sp³-hybridized carbons (Fsp3) is 0.107. The van der Waals surface area contributed by atoms with Crippen molar-refractivity contribution in [2.75, 3.05) is 11.9 Å². The second-order valence-electron chi connectivity index (χ2n) is 7.60. The van der Waals surface area contributed by atoms with Crippen LogP contribution in [0.1, 0.15) is 22.6 Å². The Balaban J connectivity index is 1.40. The summed E-state index contributed by atoms with van der Waals surface area (Å²) in [7, 11) is 0. The van der Waals surface area contributed by atoms with Crippen LogP contribution in [0.15, 0.2) is 119 Å². The molecule has 0 spiro atoms. The zero-order chi connectivity index (χ0) is 22.2. The Bertz CT molecular complexity index is 1090. The van der Waals surface area contributed by atoms with Crippen LogP contribution in [0, 0.1) is 0 Å². The van der Waals surface area contributed by atoms with E-state index in [-0.39, 0.29) is 12.3 Å². The number of carbonyl (C=O) groups is 1. The van der Waals surface area contributed by atoms with Gasteiger partial charge in [-0.15, -0.1) is 0 Å². The Labute approximate surface area is 193 Å². The van der Waals surface area contributed by atoms with Crippen molar-refractivity contribution in [2.24, 2.45) is 0 Å². The van der Waals surface area contributed by atoms with Gasteiger partial charge in [-0.3, -0.25) is 4.79 Å². The minimum atomic E-state index is -0.810. The first-order chi connectivity index (χ1) is 15.7. The average Bonchev–Trinajstić information content (AvgIpc) is 2.83. The van der Waals surface area contributed by atoms with Crippen LogP contribution in [-0.4, -0.2) is 17.6 Å². The van der Waals surface area contributed by atoms with Gasteiger partial charge >= 0.3 is 5.97 Å². The van der Waals surface area contributed by atoms with Crippen LogP contribution in [0.25, 0.3) is 0 Å². The van der Waals surface area contributed by atoms with Gasteiger partial charge in [-0.25, -0.2) is 0 Å². The van der Waals surface area contributed by atoms with Crippen molar-refractivity contribution >= 4 is 23.4 Å². The van der Waals surface area contributed by atoms with E-state index >= 15 is 0 Å². The van der Waals surface area contributed by atoms with E-state index in [1.54, 1.807) is 11.8 Å². The van der Waals surface area contributed by atoms with Crippen LogP contribution in [0.5, 0.6) is 0 Å². The molecule has 4 heteroatoms. The molecule has 0 saturated heterocycles. The van der Waals surface area contributed by atoms with E-state index in [4.69, 9.17) is 5.11 Å². The standard InChI is InChI=1S/C28H25NO2S/c30-28(31)19-21-11-15-25(16-12-21)32-26-17-13-24(14-18-26)29-20-27(22-7-3-1-4-8-22)23-9-5-2-6-10-23/h1-18,27,29H,19-20H2,(H,30,31). The van der Waals surface area contributed by atoms with Crippen LogP contribution in [-0.2, 0) is 11.2 Å². The van der Waals surface area contributed by atoms with Gasteiger partial charge in [0, 0.05) is 27.9 Å². The summed E-state index contributed by atoms with van der Waals surface area (Å²) in [5.74, 6) is -0.536. The number of benzene rings is 4. The highest BCUT2D eigenvalue weighted by Gasteiger charge is 2.13. The van der Waals surface area contributed by atoms with Gasteiger partial charge in [0.1, 0.15) is 0 Å². The maximum atomic E-state index is 10.8. The molecule has 0 heterocycles. The lowest BCUT2D eigenvalue weighted by molar-refractivity contribution is -0.136. The third kappa shape index (κ3) is 6.02. The number of rotatable bonds is 9. The van der Waals surface area contributed by atoms with Gasteiger partial charge < -0.3 is 10.4 Å². The van der Waals surface area contributed by atoms with Crippen molar-refractivity contribution < 1.29 is 9.90 Å². The minimum Gasteiger partial charge on any atom is -0.481 e. The highest BCUT2D eigenvalue weighted by molar-refractivity contribution is 7.99. The molecule has 0 saturated carbocycles. The molecule has 160 valence electrons. The van der Waals surface area contributed by atoms with Crippen LogP contribution < -0.4 is 5.32 Å². The van der Waals surface area contributed by atoms with Gasteiger partial charge in [-0.2, -0.15) is 0 Å². The second-order valence-corrected chi connectivity index (χ2v) is 8.74. The molecule has 0 radical (unpaired) electrons. The number of anilines is 1. The molecule has 0 unspecified atom stereocenters.